The number of amides is 1. The van der Waals surface area contributed by atoms with Gasteiger partial charge in [0.25, 0.3) is 0 Å². The Morgan fingerprint density at radius 1 is 1.67 bits per heavy atom. The number of methoxy groups -OCH3 is 1. The number of hydrogen-bond acceptors (Lipinski definition) is 3. The van der Waals surface area contributed by atoms with Crippen molar-refractivity contribution >= 4 is 5.91 Å². The number of likely N-dealkylation sites (tertiary alicyclic amines) is 1. The number of carbonyl (C=O) groups excluding carboxylic acids is 1. The molecule has 0 radical (unpaired) electrons. The van der Waals surface area contributed by atoms with Crippen LogP contribution in [-0.2, 0) is 9.53 Å². The summed E-state index contributed by atoms with van der Waals surface area (Å²) in [6.07, 6.45) is 2.13. The van der Waals surface area contributed by atoms with Gasteiger partial charge in [-0.15, -0.1) is 0 Å². The summed E-state index contributed by atoms with van der Waals surface area (Å²) in [5.41, 5.74) is 0. The van der Waals surface area contributed by atoms with Crippen molar-refractivity contribution in [2.45, 2.75) is 25.8 Å². The highest BCUT2D eigenvalue weighted by molar-refractivity contribution is 5.79. The first-order valence-corrected chi connectivity index (χ1v) is 5.61. The van der Waals surface area contributed by atoms with Gasteiger partial charge in [-0.1, -0.05) is 0 Å². The maximum absolute atomic E-state index is 11.8. The van der Waals surface area contributed by atoms with Crippen molar-refractivity contribution in [3.8, 4) is 0 Å². The Kier molecular flexibility index (Phi) is 5.05. The fourth-order valence-electron chi connectivity index (χ4n) is 2.03. The molecule has 0 spiro atoms. The molecule has 0 unspecified atom stereocenters. The fraction of sp³-hybridized carbons (Fsp3) is 0.909. The third kappa shape index (κ3) is 4.18. The van der Waals surface area contributed by atoms with Crippen molar-refractivity contribution in [2.24, 2.45) is 5.92 Å². The fourth-order valence-corrected chi connectivity index (χ4v) is 2.03. The molecule has 4 heteroatoms. The van der Waals surface area contributed by atoms with Crippen molar-refractivity contribution in [1.82, 2.24) is 10.2 Å². The van der Waals surface area contributed by atoms with Crippen molar-refractivity contribution in [2.75, 3.05) is 33.9 Å². The lowest BCUT2D eigenvalue weighted by Gasteiger charge is -2.29. The number of carbonyl (C=O) groups is 1. The molecule has 0 saturated carbocycles. The van der Waals surface area contributed by atoms with Crippen LogP contribution in [0.5, 0.6) is 0 Å². The van der Waals surface area contributed by atoms with Crippen LogP contribution in [0, 0.1) is 5.92 Å². The zero-order valence-corrected chi connectivity index (χ0v) is 9.95. The Morgan fingerprint density at radius 2 is 2.40 bits per heavy atom. The van der Waals surface area contributed by atoms with Crippen LogP contribution < -0.4 is 5.32 Å². The number of hydrogen-bond donors (Lipinski definition) is 1. The summed E-state index contributed by atoms with van der Waals surface area (Å²) in [4.78, 5) is 14.1. The topological polar surface area (TPSA) is 41.6 Å². The van der Waals surface area contributed by atoms with E-state index in [4.69, 9.17) is 4.74 Å². The third-order valence-corrected chi connectivity index (χ3v) is 2.80. The SMILES string of the molecule is COC[C@@H](C)NC(=O)[C@@H]1CCCN(C)C1. The third-order valence-electron chi connectivity index (χ3n) is 2.80. The molecule has 1 amide bonds. The first kappa shape index (κ1) is 12.5. The molecule has 0 bridgehead atoms. The minimum Gasteiger partial charge on any atom is -0.383 e. The average Bonchev–Trinajstić information content (AvgIpc) is 2.18. The molecule has 1 rings (SSSR count). The van der Waals surface area contributed by atoms with Crippen molar-refractivity contribution in [1.29, 1.82) is 0 Å². The smallest absolute Gasteiger partial charge is 0.224 e. The lowest BCUT2D eigenvalue weighted by Crippen LogP contribution is -2.45. The molecular formula is C11H22N2O2. The van der Waals surface area contributed by atoms with E-state index in [1.807, 2.05) is 6.92 Å². The van der Waals surface area contributed by atoms with Crippen LogP contribution in [0.3, 0.4) is 0 Å². The lowest BCUT2D eigenvalue weighted by atomic mass is 9.97. The average molecular weight is 214 g/mol. The van der Waals surface area contributed by atoms with Crippen molar-refractivity contribution < 1.29 is 9.53 Å². The molecule has 15 heavy (non-hydrogen) atoms. The maximum Gasteiger partial charge on any atom is 0.224 e. The van der Waals surface area contributed by atoms with Crippen LogP contribution in [0.4, 0.5) is 0 Å². The van der Waals surface area contributed by atoms with Crippen LogP contribution >= 0.6 is 0 Å². The standard InChI is InChI=1S/C11H22N2O2/c1-9(8-15-3)12-11(14)10-5-4-6-13(2)7-10/h9-10H,4-8H2,1-3H3,(H,12,14)/t9-,10-/m1/s1. The van der Waals surface area contributed by atoms with E-state index in [-0.39, 0.29) is 17.9 Å². The second-order valence-corrected chi connectivity index (χ2v) is 4.47. The number of nitrogens with zero attached hydrogens (tertiary/aromatic N) is 1. The van der Waals surface area contributed by atoms with Gasteiger partial charge in [-0.25, -0.2) is 0 Å². The van der Waals surface area contributed by atoms with E-state index in [1.165, 1.54) is 0 Å². The minimum atomic E-state index is 0.106. The zero-order chi connectivity index (χ0) is 11.3. The molecule has 0 aromatic rings. The molecule has 2 atom stereocenters. The molecule has 1 fully saturated rings. The molecule has 88 valence electrons. The molecule has 0 aliphatic carbocycles. The Labute approximate surface area is 92.0 Å². The van der Waals surface area contributed by atoms with Crippen molar-refractivity contribution in [3.05, 3.63) is 0 Å². The molecular weight excluding hydrogens is 192 g/mol. The van der Waals surface area contributed by atoms with Gasteiger partial charge in [0, 0.05) is 19.7 Å². The van der Waals surface area contributed by atoms with E-state index in [1.54, 1.807) is 7.11 Å². The summed E-state index contributed by atoms with van der Waals surface area (Å²) in [5.74, 6) is 0.328. The number of piperidine rings is 1. The van der Waals surface area contributed by atoms with Gasteiger partial charge in [0.2, 0.25) is 5.91 Å². The van der Waals surface area contributed by atoms with Gasteiger partial charge < -0.3 is 15.0 Å². The lowest BCUT2D eigenvalue weighted by molar-refractivity contribution is -0.127. The molecule has 1 aliphatic rings. The van der Waals surface area contributed by atoms with Gasteiger partial charge in [-0.2, -0.15) is 0 Å². The van der Waals surface area contributed by atoms with Crippen LogP contribution in [-0.4, -0.2) is 50.7 Å². The van der Waals surface area contributed by atoms with E-state index in [2.05, 4.69) is 17.3 Å². The van der Waals surface area contributed by atoms with E-state index in [0.717, 1.165) is 25.9 Å². The Hall–Kier alpha value is -0.610. The number of ether oxygens (including phenoxy) is 1. The summed E-state index contributed by atoms with van der Waals surface area (Å²) in [5, 5.41) is 2.98. The molecule has 1 N–H and O–H groups in total. The summed E-state index contributed by atoms with van der Waals surface area (Å²) >= 11 is 0. The van der Waals surface area contributed by atoms with Crippen molar-refractivity contribution in [3.63, 3.8) is 0 Å². The molecule has 0 aromatic carbocycles. The van der Waals surface area contributed by atoms with Gasteiger partial charge in [0.05, 0.1) is 12.5 Å². The van der Waals surface area contributed by atoms with E-state index >= 15 is 0 Å². The summed E-state index contributed by atoms with van der Waals surface area (Å²) in [7, 11) is 3.72. The maximum atomic E-state index is 11.8. The van der Waals surface area contributed by atoms with Crippen LogP contribution in [0.1, 0.15) is 19.8 Å². The molecule has 1 saturated heterocycles. The second kappa shape index (κ2) is 6.08. The van der Waals surface area contributed by atoms with Gasteiger partial charge in [-0.05, 0) is 33.4 Å². The predicted molar refractivity (Wildman–Crippen MR) is 59.7 cm³/mol. The Balaban J connectivity index is 2.32. The normalized spacial score (nSPS) is 24.9. The van der Waals surface area contributed by atoms with Gasteiger partial charge >= 0.3 is 0 Å². The molecule has 1 aliphatic heterocycles. The van der Waals surface area contributed by atoms with E-state index < -0.39 is 0 Å². The van der Waals surface area contributed by atoms with E-state index in [9.17, 15) is 4.79 Å². The summed E-state index contributed by atoms with van der Waals surface area (Å²) < 4.78 is 4.99. The summed E-state index contributed by atoms with van der Waals surface area (Å²) in [6, 6.07) is 0.106. The second-order valence-electron chi connectivity index (χ2n) is 4.47. The quantitative estimate of drug-likeness (QED) is 0.740. The van der Waals surface area contributed by atoms with Gasteiger partial charge in [-0.3, -0.25) is 4.79 Å². The highest BCUT2D eigenvalue weighted by Gasteiger charge is 2.24. The van der Waals surface area contributed by atoms with Crippen LogP contribution in [0.2, 0.25) is 0 Å². The van der Waals surface area contributed by atoms with E-state index in [0.29, 0.717) is 6.61 Å². The first-order valence-electron chi connectivity index (χ1n) is 5.61. The van der Waals surface area contributed by atoms with Crippen LogP contribution in [0.25, 0.3) is 0 Å². The van der Waals surface area contributed by atoms with Crippen LogP contribution in [0.15, 0.2) is 0 Å². The molecule has 1 heterocycles. The monoisotopic (exact) mass is 214 g/mol. The number of rotatable bonds is 4. The largest absolute Gasteiger partial charge is 0.383 e. The predicted octanol–water partition coefficient (Wildman–Crippen LogP) is 0.479. The first-order chi connectivity index (χ1) is 7.13. The molecule has 4 nitrogen and oxygen atoms in total. The zero-order valence-electron chi connectivity index (χ0n) is 9.95. The Bertz CT molecular complexity index is 209. The highest BCUT2D eigenvalue weighted by Crippen LogP contribution is 2.15. The highest BCUT2D eigenvalue weighted by atomic mass is 16.5. The Morgan fingerprint density at radius 3 is 3.00 bits per heavy atom. The summed E-state index contributed by atoms with van der Waals surface area (Å²) in [6.45, 7) is 4.53. The minimum absolute atomic E-state index is 0.106. The molecule has 0 aromatic heterocycles. The van der Waals surface area contributed by atoms with Gasteiger partial charge in [0.1, 0.15) is 0 Å². The number of nitrogens with one attached hydrogen (secondary N) is 1. The van der Waals surface area contributed by atoms with Gasteiger partial charge in [0.15, 0.2) is 0 Å².